The first kappa shape index (κ1) is 12.1. The minimum Gasteiger partial charge on any atom is -0.477 e. The molecule has 0 radical (unpaired) electrons. The maximum absolute atomic E-state index is 10.6. The van der Waals surface area contributed by atoms with Crippen LogP contribution in [0.1, 0.15) is 25.7 Å². The second-order valence-electron chi connectivity index (χ2n) is 4.20. The molecule has 0 aromatic carbocycles. The van der Waals surface area contributed by atoms with E-state index in [1.807, 2.05) is 0 Å². The fraction of sp³-hybridized carbons (Fsp3) is 0.545. The lowest BCUT2D eigenvalue weighted by Gasteiger charge is -2.10. The van der Waals surface area contributed by atoms with Crippen LogP contribution in [-0.4, -0.2) is 16.5 Å². The third-order valence-electron chi connectivity index (χ3n) is 2.91. The van der Waals surface area contributed by atoms with Crippen molar-refractivity contribution in [2.75, 3.05) is 6.61 Å². The molecule has 0 unspecified atom stereocenters. The molecular weight excluding hydrogens is 244 g/mol. The third kappa shape index (κ3) is 3.30. The number of nitrogens with zero attached hydrogens (tertiary/aromatic N) is 2. The average Bonchev–Trinajstić information content (AvgIpc) is 2.78. The molecule has 1 aliphatic carbocycles. The van der Waals surface area contributed by atoms with E-state index in [1.165, 1.54) is 25.0 Å². The molecule has 2 rings (SSSR count). The molecule has 0 N–H and O–H groups in total. The second-order valence-corrected chi connectivity index (χ2v) is 4.59. The average molecular weight is 257 g/mol. The molecule has 1 aromatic heterocycles. The van der Waals surface area contributed by atoms with Crippen LogP contribution in [0.2, 0.25) is 5.15 Å². The van der Waals surface area contributed by atoms with E-state index in [1.54, 1.807) is 0 Å². The van der Waals surface area contributed by atoms with Crippen LogP contribution in [0.5, 0.6) is 5.88 Å². The van der Waals surface area contributed by atoms with Gasteiger partial charge in [-0.05, 0) is 18.8 Å². The van der Waals surface area contributed by atoms with Crippen molar-refractivity contribution >= 4 is 17.3 Å². The van der Waals surface area contributed by atoms with Crippen molar-refractivity contribution < 1.29 is 9.66 Å². The fourth-order valence-electron chi connectivity index (χ4n) is 2.02. The highest BCUT2D eigenvalue weighted by Gasteiger charge is 2.17. The van der Waals surface area contributed by atoms with E-state index in [0.717, 1.165) is 12.8 Å². The molecule has 1 fully saturated rings. The first-order valence-electron chi connectivity index (χ1n) is 5.60. The summed E-state index contributed by atoms with van der Waals surface area (Å²) in [6, 6.07) is 2.52. The first-order chi connectivity index (χ1) is 8.15. The standard InChI is InChI=1S/C11H13ClN2O3/c12-10-5-9(14(15)16)6-11(13-10)17-7-8-3-1-2-4-8/h5-6,8H,1-4,7H2. The summed E-state index contributed by atoms with van der Waals surface area (Å²) in [5, 5.41) is 10.7. The quantitative estimate of drug-likeness (QED) is 0.471. The SMILES string of the molecule is O=[N+]([O-])c1cc(Cl)nc(OCC2CCCC2)c1. The van der Waals surface area contributed by atoms with Crippen LogP contribution in [-0.2, 0) is 0 Å². The van der Waals surface area contributed by atoms with Crippen molar-refractivity contribution in [3.63, 3.8) is 0 Å². The Labute approximate surface area is 104 Å². The lowest BCUT2D eigenvalue weighted by atomic mass is 10.1. The zero-order valence-electron chi connectivity index (χ0n) is 9.26. The van der Waals surface area contributed by atoms with Gasteiger partial charge >= 0.3 is 0 Å². The van der Waals surface area contributed by atoms with Gasteiger partial charge in [0.2, 0.25) is 5.88 Å². The smallest absolute Gasteiger partial charge is 0.277 e. The summed E-state index contributed by atoms with van der Waals surface area (Å²) in [5.41, 5.74) is -0.0913. The van der Waals surface area contributed by atoms with Gasteiger partial charge in [0.15, 0.2) is 0 Å². The van der Waals surface area contributed by atoms with Crippen LogP contribution in [0.3, 0.4) is 0 Å². The number of nitro groups is 1. The second kappa shape index (κ2) is 5.31. The van der Waals surface area contributed by atoms with Gasteiger partial charge in [0, 0.05) is 0 Å². The Morgan fingerprint density at radius 3 is 2.82 bits per heavy atom. The molecule has 1 saturated carbocycles. The van der Waals surface area contributed by atoms with Crippen molar-refractivity contribution in [2.45, 2.75) is 25.7 Å². The first-order valence-corrected chi connectivity index (χ1v) is 5.98. The molecule has 0 amide bonds. The number of ether oxygens (including phenoxy) is 1. The van der Waals surface area contributed by atoms with E-state index in [0.29, 0.717) is 12.5 Å². The Balaban J connectivity index is 2.01. The maximum atomic E-state index is 10.6. The Bertz CT molecular complexity index is 419. The van der Waals surface area contributed by atoms with Gasteiger partial charge in [0.1, 0.15) is 5.15 Å². The molecule has 0 bridgehead atoms. The zero-order valence-corrected chi connectivity index (χ0v) is 10.0. The predicted octanol–water partition coefficient (Wildman–Crippen LogP) is 3.21. The molecule has 0 atom stereocenters. The summed E-state index contributed by atoms with van der Waals surface area (Å²) in [5.74, 6) is 0.769. The summed E-state index contributed by atoms with van der Waals surface area (Å²) in [6.45, 7) is 0.560. The van der Waals surface area contributed by atoms with E-state index in [4.69, 9.17) is 16.3 Å². The summed E-state index contributed by atoms with van der Waals surface area (Å²) < 4.78 is 5.46. The molecular formula is C11H13ClN2O3. The molecule has 5 nitrogen and oxygen atoms in total. The van der Waals surface area contributed by atoms with Gasteiger partial charge in [-0.15, -0.1) is 0 Å². The Morgan fingerprint density at radius 2 is 2.18 bits per heavy atom. The van der Waals surface area contributed by atoms with Crippen LogP contribution in [0.25, 0.3) is 0 Å². The van der Waals surface area contributed by atoms with Crippen LogP contribution in [0.15, 0.2) is 12.1 Å². The number of aromatic nitrogens is 1. The minimum absolute atomic E-state index is 0.0839. The number of hydrogen-bond acceptors (Lipinski definition) is 4. The predicted molar refractivity (Wildman–Crippen MR) is 63.4 cm³/mol. The van der Waals surface area contributed by atoms with E-state index >= 15 is 0 Å². The van der Waals surface area contributed by atoms with E-state index in [2.05, 4.69) is 4.98 Å². The molecule has 17 heavy (non-hydrogen) atoms. The van der Waals surface area contributed by atoms with Crippen LogP contribution in [0, 0.1) is 16.0 Å². The van der Waals surface area contributed by atoms with E-state index in [9.17, 15) is 10.1 Å². The monoisotopic (exact) mass is 256 g/mol. The topological polar surface area (TPSA) is 65.3 Å². The number of hydrogen-bond donors (Lipinski definition) is 0. The van der Waals surface area contributed by atoms with Crippen LogP contribution >= 0.6 is 11.6 Å². The van der Waals surface area contributed by atoms with Gasteiger partial charge in [0.05, 0.1) is 23.7 Å². The van der Waals surface area contributed by atoms with Crippen molar-refractivity contribution in [3.05, 3.63) is 27.4 Å². The summed E-state index contributed by atoms with van der Waals surface area (Å²) in [4.78, 5) is 14.0. The molecule has 0 saturated heterocycles. The summed E-state index contributed by atoms with van der Waals surface area (Å²) in [7, 11) is 0. The number of halogens is 1. The van der Waals surface area contributed by atoms with Gasteiger partial charge in [-0.2, -0.15) is 0 Å². The molecule has 0 spiro atoms. The molecule has 1 aromatic rings. The van der Waals surface area contributed by atoms with Crippen molar-refractivity contribution in [3.8, 4) is 5.88 Å². The van der Waals surface area contributed by atoms with Gasteiger partial charge in [-0.25, -0.2) is 4.98 Å². The molecule has 92 valence electrons. The molecule has 6 heteroatoms. The van der Waals surface area contributed by atoms with Crippen LogP contribution < -0.4 is 4.74 Å². The fourth-order valence-corrected chi connectivity index (χ4v) is 2.21. The highest BCUT2D eigenvalue weighted by molar-refractivity contribution is 6.29. The lowest BCUT2D eigenvalue weighted by molar-refractivity contribution is -0.385. The highest BCUT2D eigenvalue weighted by atomic mass is 35.5. The Hall–Kier alpha value is -1.36. The molecule has 1 aliphatic rings. The Morgan fingerprint density at radius 1 is 1.47 bits per heavy atom. The van der Waals surface area contributed by atoms with Crippen molar-refractivity contribution in [1.29, 1.82) is 0 Å². The van der Waals surface area contributed by atoms with E-state index < -0.39 is 4.92 Å². The normalized spacial score (nSPS) is 16.1. The lowest BCUT2D eigenvalue weighted by Crippen LogP contribution is -2.09. The van der Waals surface area contributed by atoms with Gasteiger partial charge < -0.3 is 4.74 Å². The van der Waals surface area contributed by atoms with Crippen molar-refractivity contribution in [1.82, 2.24) is 4.98 Å². The van der Waals surface area contributed by atoms with Gasteiger partial charge in [-0.3, -0.25) is 10.1 Å². The summed E-state index contributed by atoms with van der Waals surface area (Å²) in [6.07, 6.45) is 4.78. The maximum Gasteiger partial charge on any atom is 0.277 e. The van der Waals surface area contributed by atoms with Crippen LogP contribution in [0.4, 0.5) is 5.69 Å². The Kier molecular flexibility index (Phi) is 3.78. The van der Waals surface area contributed by atoms with Gasteiger partial charge in [-0.1, -0.05) is 24.4 Å². The minimum atomic E-state index is -0.504. The van der Waals surface area contributed by atoms with Crippen molar-refractivity contribution in [2.24, 2.45) is 5.92 Å². The summed E-state index contributed by atoms with van der Waals surface area (Å²) >= 11 is 5.69. The van der Waals surface area contributed by atoms with E-state index in [-0.39, 0.29) is 16.7 Å². The molecule has 1 heterocycles. The largest absolute Gasteiger partial charge is 0.477 e. The van der Waals surface area contributed by atoms with Gasteiger partial charge in [0.25, 0.3) is 5.69 Å². The number of rotatable bonds is 4. The zero-order chi connectivity index (χ0) is 12.3. The number of pyridine rings is 1. The highest BCUT2D eigenvalue weighted by Crippen LogP contribution is 2.27. The third-order valence-corrected chi connectivity index (χ3v) is 3.10. The molecule has 0 aliphatic heterocycles.